The normalized spacial score (nSPS) is 20.6. The van der Waals surface area contributed by atoms with E-state index in [9.17, 15) is 4.39 Å². The average molecular weight is 292 g/mol. The molecule has 1 aliphatic heterocycles. The van der Waals surface area contributed by atoms with Crippen LogP contribution in [-0.2, 0) is 0 Å². The van der Waals surface area contributed by atoms with E-state index in [1.165, 1.54) is 19.3 Å². The highest BCUT2D eigenvalue weighted by Gasteiger charge is 2.21. The zero-order valence-corrected chi connectivity index (χ0v) is 13.7. The third-order valence-corrected chi connectivity index (χ3v) is 4.61. The van der Waals surface area contributed by atoms with Crippen molar-refractivity contribution < 1.29 is 4.39 Å². The van der Waals surface area contributed by atoms with E-state index in [1.54, 1.807) is 6.07 Å². The number of benzene rings is 1. The predicted octanol–water partition coefficient (Wildman–Crippen LogP) is 4.51. The topological polar surface area (TPSA) is 15.3 Å². The van der Waals surface area contributed by atoms with Gasteiger partial charge in [0.05, 0.1) is 5.69 Å². The van der Waals surface area contributed by atoms with Gasteiger partial charge in [0.2, 0.25) is 0 Å². The van der Waals surface area contributed by atoms with E-state index in [0.717, 1.165) is 37.3 Å². The van der Waals surface area contributed by atoms with Crippen LogP contribution in [0.25, 0.3) is 0 Å². The summed E-state index contributed by atoms with van der Waals surface area (Å²) in [5.74, 6) is 0.636. The monoisotopic (exact) mass is 292 g/mol. The fraction of sp³-hybridized carbons (Fsp3) is 0.667. The van der Waals surface area contributed by atoms with Crippen molar-refractivity contribution in [1.29, 1.82) is 0 Å². The summed E-state index contributed by atoms with van der Waals surface area (Å²) in [5.41, 5.74) is 1.81. The number of hydrogen-bond donors (Lipinski definition) is 1. The van der Waals surface area contributed by atoms with E-state index in [-0.39, 0.29) is 11.9 Å². The molecule has 118 valence electrons. The molecule has 2 unspecified atom stereocenters. The Morgan fingerprint density at radius 1 is 1.38 bits per heavy atom. The van der Waals surface area contributed by atoms with Gasteiger partial charge >= 0.3 is 0 Å². The Labute approximate surface area is 128 Å². The fourth-order valence-corrected chi connectivity index (χ4v) is 3.14. The minimum absolute atomic E-state index is 0.0746. The third kappa shape index (κ3) is 4.19. The van der Waals surface area contributed by atoms with Crippen molar-refractivity contribution in [2.24, 2.45) is 5.92 Å². The van der Waals surface area contributed by atoms with Crippen molar-refractivity contribution in [1.82, 2.24) is 5.32 Å². The Kier molecular flexibility index (Phi) is 6.04. The Morgan fingerprint density at radius 3 is 2.86 bits per heavy atom. The maximum absolute atomic E-state index is 14.5. The molecule has 0 aliphatic carbocycles. The molecule has 1 saturated heterocycles. The second-order valence-electron chi connectivity index (χ2n) is 6.25. The Hall–Kier alpha value is -1.09. The van der Waals surface area contributed by atoms with Gasteiger partial charge in [-0.05, 0) is 56.3 Å². The van der Waals surface area contributed by atoms with Crippen LogP contribution >= 0.6 is 0 Å². The minimum Gasteiger partial charge on any atom is -0.369 e. The summed E-state index contributed by atoms with van der Waals surface area (Å²) in [4.78, 5) is 2.22. The van der Waals surface area contributed by atoms with Gasteiger partial charge in [-0.15, -0.1) is 0 Å². The standard InChI is InChI=1S/C18H29FN2/c1-4-10-20-14(3)16-8-9-18(17(19)12-16)21-11-6-7-15(5-2)13-21/h8-9,12,14-15,20H,4-7,10-11,13H2,1-3H3. The molecule has 0 saturated carbocycles. The molecule has 3 heteroatoms. The van der Waals surface area contributed by atoms with E-state index in [4.69, 9.17) is 0 Å². The highest BCUT2D eigenvalue weighted by Crippen LogP contribution is 2.28. The molecule has 2 atom stereocenters. The lowest BCUT2D eigenvalue weighted by Crippen LogP contribution is -2.35. The van der Waals surface area contributed by atoms with E-state index in [0.29, 0.717) is 5.92 Å². The fourth-order valence-electron chi connectivity index (χ4n) is 3.14. The third-order valence-electron chi connectivity index (χ3n) is 4.61. The van der Waals surface area contributed by atoms with Crippen LogP contribution in [-0.4, -0.2) is 19.6 Å². The molecule has 2 rings (SSSR count). The summed E-state index contributed by atoms with van der Waals surface area (Å²) in [6.45, 7) is 9.42. The second-order valence-corrected chi connectivity index (χ2v) is 6.25. The van der Waals surface area contributed by atoms with Gasteiger partial charge < -0.3 is 10.2 Å². The van der Waals surface area contributed by atoms with Crippen molar-refractivity contribution in [2.45, 2.75) is 52.5 Å². The molecule has 21 heavy (non-hydrogen) atoms. The van der Waals surface area contributed by atoms with Crippen LogP contribution in [0.5, 0.6) is 0 Å². The summed E-state index contributed by atoms with van der Waals surface area (Å²) in [7, 11) is 0. The largest absolute Gasteiger partial charge is 0.369 e. The number of nitrogens with zero attached hydrogens (tertiary/aromatic N) is 1. The van der Waals surface area contributed by atoms with Crippen LogP contribution in [0.4, 0.5) is 10.1 Å². The highest BCUT2D eigenvalue weighted by molar-refractivity contribution is 5.50. The van der Waals surface area contributed by atoms with Gasteiger partial charge in [-0.25, -0.2) is 4.39 Å². The van der Waals surface area contributed by atoms with Crippen LogP contribution in [0, 0.1) is 11.7 Å². The first-order valence-corrected chi connectivity index (χ1v) is 8.43. The highest BCUT2D eigenvalue weighted by atomic mass is 19.1. The van der Waals surface area contributed by atoms with Gasteiger partial charge in [0, 0.05) is 19.1 Å². The molecule has 1 aliphatic rings. The van der Waals surface area contributed by atoms with Gasteiger partial charge in [0.1, 0.15) is 5.82 Å². The van der Waals surface area contributed by atoms with E-state index < -0.39 is 0 Å². The summed E-state index contributed by atoms with van der Waals surface area (Å²) in [6, 6.07) is 5.95. The zero-order chi connectivity index (χ0) is 15.2. The molecule has 2 nitrogen and oxygen atoms in total. The van der Waals surface area contributed by atoms with Crippen LogP contribution in [0.2, 0.25) is 0 Å². The first-order valence-electron chi connectivity index (χ1n) is 8.43. The molecule has 0 aromatic heterocycles. The number of nitrogens with one attached hydrogen (secondary N) is 1. The molecule has 1 N–H and O–H groups in total. The SMILES string of the molecule is CCCNC(C)c1ccc(N2CCCC(CC)C2)c(F)c1. The first-order chi connectivity index (χ1) is 10.2. The lowest BCUT2D eigenvalue weighted by molar-refractivity contribution is 0.401. The van der Waals surface area contributed by atoms with Gasteiger partial charge in [-0.1, -0.05) is 26.3 Å². The summed E-state index contributed by atoms with van der Waals surface area (Å²) in [6.07, 6.45) is 4.74. The molecular weight excluding hydrogens is 263 g/mol. The Morgan fingerprint density at radius 2 is 2.19 bits per heavy atom. The molecule has 0 amide bonds. The van der Waals surface area contributed by atoms with Crippen molar-refractivity contribution in [3.8, 4) is 0 Å². The van der Waals surface area contributed by atoms with E-state index >= 15 is 0 Å². The molecule has 1 aromatic rings. The zero-order valence-electron chi connectivity index (χ0n) is 13.7. The molecule has 0 spiro atoms. The van der Waals surface area contributed by atoms with Gasteiger partial charge in [0.15, 0.2) is 0 Å². The predicted molar refractivity (Wildman–Crippen MR) is 88.3 cm³/mol. The summed E-state index contributed by atoms with van der Waals surface area (Å²) in [5, 5.41) is 3.41. The molecule has 1 heterocycles. The molecular formula is C18H29FN2. The maximum Gasteiger partial charge on any atom is 0.146 e. The number of halogens is 1. The quantitative estimate of drug-likeness (QED) is 0.829. The number of rotatable bonds is 6. The van der Waals surface area contributed by atoms with Crippen LogP contribution < -0.4 is 10.2 Å². The molecule has 0 bridgehead atoms. The number of piperidine rings is 1. The number of hydrogen-bond acceptors (Lipinski definition) is 2. The summed E-state index contributed by atoms with van der Waals surface area (Å²) < 4.78 is 14.5. The van der Waals surface area contributed by atoms with Gasteiger partial charge in [-0.3, -0.25) is 0 Å². The van der Waals surface area contributed by atoms with Crippen molar-refractivity contribution in [3.05, 3.63) is 29.6 Å². The van der Waals surface area contributed by atoms with Crippen molar-refractivity contribution in [3.63, 3.8) is 0 Å². The number of anilines is 1. The van der Waals surface area contributed by atoms with Crippen molar-refractivity contribution in [2.75, 3.05) is 24.5 Å². The molecule has 0 radical (unpaired) electrons. The minimum atomic E-state index is -0.0746. The van der Waals surface area contributed by atoms with Crippen molar-refractivity contribution >= 4 is 5.69 Å². The Bertz CT molecular complexity index is 447. The Balaban J connectivity index is 2.08. The lowest BCUT2D eigenvalue weighted by atomic mass is 9.95. The lowest BCUT2D eigenvalue weighted by Gasteiger charge is -2.34. The van der Waals surface area contributed by atoms with Crippen LogP contribution in [0.1, 0.15) is 58.1 Å². The molecule has 1 aromatic carbocycles. The maximum atomic E-state index is 14.5. The van der Waals surface area contributed by atoms with E-state index in [1.807, 2.05) is 6.07 Å². The smallest absolute Gasteiger partial charge is 0.146 e. The summed E-state index contributed by atoms with van der Waals surface area (Å²) >= 11 is 0. The van der Waals surface area contributed by atoms with Crippen LogP contribution in [0.15, 0.2) is 18.2 Å². The van der Waals surface area contributed by atoms with Crippen LogP contribution in [0.3, 0.4) is 0 Å². The first kappa shape index (κ1) is 16.3. The van der Waals surface area contributed by atoms with Gasteiger partial charge in [-0.2, -0.15) is 0 Å². The van der Waals surface area contributed by atoms with Gasteiger partial charge in [0.25, 0.3) is 0 Å². The molecule has 1 fully saturated rings. The second kappa shape index (κ2) is 7.79. The van der Waals surface area contributed by atoms with E-state index in [2.05, 4.69) is 37.1 Å². The average Bonchev–Trinajstić information content (AvgIpc) is 2.52.